The van der Waals surface area contributed by atoms with Crippen LogP contribution >= 0.6 is 0 Å². The zero-order valence-corrected chi connectivity index (χ0v) is 14.8. The molecule has 134 valence electrons. The number of carbonyl (C=O) groups excluding carboxylic acids is 1. The van der Waals surface area contributed by atoms with Gasteiger partial charge in [-0.3, -0.25) is 4.79 Å². The third kappa shape index (κ3) is 2.60. The maximum Gasteiger partial charge on any atom is 0.251 e. The topological polar surface area (TPSA) is 56.0 Å². The van der Waals surface area contributed by atoms with E-state index in [1.54, 1.807) is 12.1 Å². The Bertz CT molecular complexity index is 965. The van der Waals surface area contributed by atoms with Gasteiger partial charge in [0.2, 0.25) is 0 Å². The zero-order valence-electron chi connectivity index (χ0n) is 14.8. The summed E-state index contributed by atoms with van der Waals surface area (Å²) >= 11 is 0. The average Bonchev–Trinajstić information content (AvgIpc) is 2.72. The van der Waals surface area contributed by atoms with Crippen LogP contribution in [-0.4, -0.2) is 12.5 Å². The van der Waals surface area contributed by atoms with E-state index in [9.17, 15) is 10.0 Å². The van der Waals surface area contributed by atoms with E-state index in [-0.39, 0.29) is 5.91 Å². The summed E-state index contributed by atoms with van der Waals surface area (Å²) < 4.78 is 0.685. The number of pyridine rings is 1. The second-order valence-corrected chi connectivity index (χ2v) is 7.44. The molecular weight excluding hydrogens is 336 g/mol. The quantitative estimate of drug-likeness (QED) is 0.578. The van der Waals surface area contributed by atoms with Crippen LogP contribution in [0.2, 0.25) is 0 Å². The molecule has 0 radical (unpaired) electrons. The molecule has 3 aromatic rings. The number of amides is 1. The first-order chi connectivity index (χ1) is 13.2. The van der Waals surface area contributed by atoms with Gasteiger partial charge >= 0.3 is 0 Å². The van der Waals surface area contributed by atoms with Gasteiger partial charge in [-0.05, 0) is 34.6 Å². The van der Waals surface area contributed by atoms with Crippen LogP contribution in [0.3, 0.4) is 0 Å². The fourth-order valence-corrected chi connectivity index (χ4v) is 4.85. The SMILES string of the molecule is O=C(NC[C@@H]1CC2c3ccccc3C1c1ccccc12)c1cc[n+]([O-])cc1. The molecule has 1 amide bonds. The van der Waals surface area contributed by atoms with Gasteiger partial charge in [-0.2, -0.15) is 4.73 Å². The highest BCUT2D eigenvalue weighted by Crippen LogP contribution is 2.55. The smallest absolute Gasteiger partial charge is 0.251 e. The van der Waals surface area contributed by atoms with Gasteiger partial charge in [-0.1, -0.05) is 48.5 Å². The van der Waals surface area contributed by atoms with Crippen LogP contribution in [0.25, 0.3) is 0 Å². The average molecular weight is 356 g/mol. The molecule has 0 fully saturated rings. The summed E-state index contributed by atoms with van der Waals surface area (Å²) in [5, 5.41) is 14.2. The van der Waals surface area contributed by atoms with E-state index in [2.05, 4.69) is 53.8 Å². The standard InChI is InChI=1S/C23H20N2O2/c26-23(15-9-11-25(27)12-10-15)24-14-16-13-21-17-5-1-3-7-19(17)22(16)20-8-4-2-6-18(20)21/h1-12,16,21-22H,13-14H2,(H,24,26)/t16-,21?,22?/m0/s1. The molecular formula is C23H20N2O2. The molecule has 2 aromatic carbocycles. The first kappa shape index (κ1) is 16.1. The Balaban J connectivity index is 1.42. The molecule has 27 heavy (non-hydrogen) atoms. The van der Waals surface area contributed by atoms with Crippen molar-refractivity contribution in [3.8, 4) is 0 Å². The van der Waals surface area contributed by atoms with Crippen LogP contribution < -0.4 is 10.0 Å². The Hall–Kier alpha value is -3.14. The van der Waals surface area contributed by atoms with E-state index in [0.717, 1.165) is 6.42 Å². The number of hydrogen-bond donors (Lipinski definition) is 1. The van der Waals surface area contributed by atoms with Crippen LogP contribution in [0.1, 0.15) is 50.9 Å². The third-order valence-corrected chi connectivity index (χ3v) is 6.01. The Kier molecular flexibility index (Phi) is 3.71. The van der Waals surface area contributed by atoms with Gasteiger partial charge in [0.1, 0.15) is 0 Å². The number of benzene rings is 2. The first-order valence-electron chi connectivity index (χ1n) is 9.37. The molecule has 0 spiro atoms. The maximum absolute atomic E-state index is 12.5. The van der Waals surface area contributed by atoms with Crippen LogP contribution in [0.15, 0.2) is 73.1 Å². The van der Waals surface area contributed by atoms with E-state index in [0.29, 0.717) is 34.6 Å². The van der Waals surface area contributed by atoms with Gasteiger partial charge in [0.25, 0.3) is 5.91 Å². The predicted octanol–water partition coefficient (Wildman–Crippen LogP) is 3.35. The normalized spacial score (nSPS) is 22.0. The number of fused-ring (bicyclic) bond motifs is 1. The highest BCUT2D eigenvalue weighted by molar-refractivity contribution is 5.93. The fraction of sp³-hybridized carbons (Fsp3) is 0.217. The number of nitrogens with zero attached hydrogens (tertiary/aromatic N) is 1. The summed E-state index contributed by atoms with van der Waals surface area (Å²) in [6.45, 7) is 0.634. The van der Waals surface area contributed by atoms with Crippen LogP contribution in [0, 0.1) is 11.1 Å². The minimum atomic E-state index is -0.126. The van der Waals surface area contributed by atoms with E-state index < -0.39 is 0 Å². The lowest BCUT2D eigenvalue weighted by Gasteiger charge is -2.45. The molecule has 0 saturated heterocycles. The molecule has 6 rings (SSSR count). The molecule has 4 heteroatoms. The van der Waals surface area contributed by atoms with Crippen molar-refractivity contribution in [3.63, 3.8) is 0 Å². The zero-order chi connectivity index (χ0) is 18.4. The van der Waals surface area contributed by atoms with Crippen molar-refractivity contribution in [3.05, 3.63) is 106 Å². The van der Waals surface area contributed by atoms with E-state index in [1.165, 1.54) is 34.6 Å². The lowest BCUT2D eigenvalue weighted by Crippen LogP contribution is -2.39. The Morgan fingerprint density at radius 2 is 1.48 bits per heavy atom. The number of nitrogens with one attached hydrogen (secondary N) is 1. The second kappa shape index (κ2) is 6.23. The highest BCUT2D eigenvalue weighted by atomic mass is 16.5. The summed E-state index contributed by atoms with van der Waals surface area (Å²) in [5.41, 5.74) is 6.19. The molecule has 1 aromatic heterocycles. The van der Waals surface area contributed by atoms with Crippen LogP contribution in [-0.2, 0) is 0 Å². The van der Waals surface area contributed by atoms with Gasteiger partial charge < -0.3 is 10.5 Å². The summed E-state index contributed by atoms with van der Waals surface area (Å²) in [6, 6.07) is 20.6. The van der Waals surface area contributed by atoms with Crippen molar-refractivity contribution >= 4 is 5.91 Å². The molecule has 2 bridgehead atoms. The van der Waals surface area contributed by atoms with Gasteiger partial charge in [-0.15, -0.1) is 0 Å². The van der Waals surface area contributed by atoms with Gasteiger partial charge in [-0.25, -0.2) is 0 Å². The minimum absolute atomic E-state index is 0.126. The van der Waals surface area contributed by atoms with E-state index >= 15 is 0 Å². The minimum Gasteiger partial charge on any atom is -0.619 e. The van der Waals surface area contributed by atoms with Crippen molar-refractivity contribution in [1.29, 1.82) is 0 Å². The summed E-state index contributed by atoms with van der Waals surface area (Å²) in [4.78, 5) is 12.5. The summed E-state index contributed by atoms with van der Waals surface area (Å²) in [7, 11) is 0. The van der Waals surface area contributed by atoms with Crippen molar-refractivity contribution in [2.75, 3.05) is 6.54 Å². The molecule has 1 atom stereocenters. The summed E-state index contributed by atoms with van der Waals surface area (Å²) in [6.07, 6.45) is 3.75. The Morgan fingerprint density at radius 1 is 0.926 bits per heavy atom. The third-order valence-electron chi connectivity index (χ3n) is 6.01. The van der Waals surface area contributed by atoms with Crippen LogP contribution in [0.4, 0.5) is 0 Å². The highest BCUT2D eigenvalue weighted by Gasteiger charge is 2.42. The molecule has 3 aliphatic carbocycles. The van der Waals surface area contributed by atoms with Crippen LogP contribution in [0.5, 0.6) is 0 Å². The molecule has 0 aliphatic heterocycles. The number of rotatable bonds is 3. The summed E-state index contributed by atoms with van der Waals surface area (Å²) in [5.74, 6) is 0.971. The number of aromatic nitrogens is 1. The van der Waals surface area contributed by atoms with Crippen molar-refractivity contribution < 1.29 is 9.52 Å². The first-order valence-corrected chi connectivity index (χ1v) is 9.37. The fourth-order valence-electron chi connectivity index (χ4n) is 4.85. The second-order valence-electron chi connectivity index (χ2n) is 7.44. The maximum atomic E-state index is 12.5. The van der Waals surface area contributed by atoms with E-state index in [4.69, 9.17) is 0 Å². The van der Waals surface area contributed by atoms with Crippen molar-refractivity contribution in [2.45, 2.75) is 18.3 Å². The van der Waals surface area contributed by atoms with Crippen molar-refractivity contribution in [2.24, 2.45) is 5.92 Å². The van der Waals surface area contributed by atoms with Gasteiger partial charge in [0.05, 0.1) is 5.56 Å². The molecule has 1 N–H and O–H groups in total. The number of hydrogen-bond acceptors (Lipinski definition) is 2. The largest absolute Gasteiger partial charge is 0.619 e. The molecule has 1 heterocycles. The Morgan fingerprint density at radius 3 is 2.07 bits per heavy atom. The lowest BCUT2D eigenvalue weighted by molar-refractivity contribution is -0.605. The van der Waals surface area contributed by atoms with E-state index in [1.807, 2.05) is 0 Å². The predicted molar refractivity (Wildman–Crippen MR) is 102 cm³/mol. The number of carbonyl (C=O) groups is 1. The molecule has 3 aliphatic rings. The molecule has 4 nitrogen and oxygen atoms in total. The molecule has 0 unspecified atom stereocenters. The Labute approximate surface area is 158 Å². The molecule has 0 saturated carbocycles. The monoisotopic (exact) mass is 356 g/mol. The van der Waals surface area contributed by atoms with Gasteiger partial charge in [0.15, 0.2) is 12.4 Å². The van der Waals surface area contributed by atoms with Gasteiger partial charge in [0, 0.05) is 30.5 Å². The lowest BCUT2D eigenvalue weighted by atomic mass is 9.59. The van der Waals surface area contributed by atoms with Crippen molar-refractivity contribution in [1.82, 2.24) is 5.32 Å².